The molecule has 1 aromatic rings. The van der Waals surface area contributed by atoms with E-state index in [0.717, 1.165) is 23.1 Å². The zero-order valence-electron chi connectivity index (χ0n) is 7.64. The van der Waals surface area contributed by atoms with E-state index in [9.17, 15) is 13.2 Å². The third kappa shape index (κ3) is 2.95. The summed E-state index contributed by atoms with van der Waals surface area (Å²) in [6.45, 7) is 1.89. The predicted molar refractivity (Wildman–Crippen MR) is 49.1 cm³/mol. The van der Waals surface area contributed by atoms with Crippen LogP contribution in [0, 0.1) is 0 Å². The fourth-order valence-corrected chi connectivity index (χ4v) is 1.80. The molecular weight excluding hydrogens is 213 g/mol. The third-order valence-corrected chi connectivity index (χ3v) is 2.67. The molecule has 0 amide bonds. The summed E-state index contributed by atoms with van der Waals surface area (Å²) in [5.41, 5.74) is 4.79. The zero-order chi connectivity index (χ0) is 10.8. The second-order valence-corrected chi connectivity index (χ2v) is 3.94. The highest BCUT2D eigenvalue weighted by atomic mass is 32.1. The number of hydrogen-bond acceptors (Lipinski definition) is 3. The van der Waals surface area contributed by atoms with E-state index in [0.29, 0.717) is 11.4 Å². The topological polar surface area (TPSA) is 38.9 Å². The highest BCUT2D eigenvalue weighted by molar-refractivity contribution is 7.09. The molecule has 1 rings (SSSR count). The molecule has 0 aliphatic heterocycles. The molecule has 0 radical (unpaired) electrons. The van der Waals surface area contributed by atoms with E-state index in [1.165, 1.54) is 0 Å². The molecule has 80 valence electrons. The van der Waals surface area contributed by atoms with Crippen LogP contribution in [0.5, 0.6) is 0 Å². The maximum absolute atomic E-state index is 12.1. The van der Waals surface area contributed by atoms with Crippen molar-refractivity contribution >= 4 is 11.3 Å². The minimum atomic E-state index is -4.34. The molecule has 1 unspecified atom stereocenters. The minimum absolute atomic E-state index is 0.109. The average Bonchev–Trinajstić information content (AvgIpc) is 2.51. The van der Waals surface area contributed by atoms with E-state index in [4.69, 9.17) is 5.73 Å². The molecule has 2 N–H and O–H groups in total. The van der Waals surface area contributed by atoms with Crippen molar-refractivity contribution in [3.8, 4) is 0 Å². The third-order valence-electron chi connectivity index (χ3n) is 1.80. The number of rotatable bonds is 3. The number of hydrogen-bond donors (Lipinski definition) is 1. The van der Waals surface area contributed by atoms with Gasteiger partial charge in [-0.05, 0) is 6.42 Å². The average molecular weight is 224 g/mol. The summed E-state index contributed by atoms with van der Waals surface area (Å²) in [5, 5.41) is 1.48. The molecule has 2 nitrogen and oxygen atoms in total. The summed E-state index contributed by atoms with van der Waals surface area (Å²) in [5.74, 6) is 0. The van der Waals surface area contributed by atoms with Gasteiger partial charge in [-0.2, -0.15) is 13.2 Å². The van der Waals surface area contributed by atoms with Gasteiger partial charge < -0.3 is 5.73 Å². The lowest BCUT2D eigenvalue weighted by Gasteiger charge is -2.04. The van der Waals surface area contributed by atoms with Crippen molar-refractivity contribution in [1.29, 1.82) is 0 Å². The van der Waals surface area contributed by atoms with Crippen molar-refractivity contribution in [2.45, 2.75) is 32.0 Å². The van der Waals surface area contributed by atoms with Gasteiger partial charge in [0.15, 0.2) is 5.69 Å². The molecule has 6 heteroatoms. The van der Waals surface area contributed by atoms with E-state index >= 15 is 0 Å². The number of thiazole rings is 1. The first-order valence-corrected chi connectivity index (χ1v) is 5.08. The maximum Gasteiger partial charge on any atom is 0.434 e. The van der Waals surface area contributed by atoms with Gasteiger partial charge in [-0.1, -0.05) is 6.92 Å². The van der Waals surface area contributed by atoms with Crippen molar-refractivity contribution in [1.82, 2.24) is 4.98 Å². The standard InChI is InChI=1S/C8H11F3N2S/c1-2-5(12)3-7-13-6(4-14-7)8(9,10)11/h4-5H,2-3,12H2,1H3. The lowest BCUT2D eigenvalue weighted by Crippen LogP contribution is -2.21. The monoisotopic (exact) mass is 224 g/mol. The Labute approximate surface area is 84.0 Å². The summed E-state index contributed by atoms with van der Waals surface area (Å²) in [7, 11) is 0. The van der Waals surface area contributed by atoms with Crippen molar-refractivity contribution < 1.29 is 13.2 Å². The maximum atomic E-state index is 12.1. The number of halogens is 3. The van der Waals surface area contributed by atoms with Gasteiger partial charge in [0.05, 0.1) is 5.01 Å². The van der Waals surface area contributed by atoms with Gasteiger partial charge in [0.1, 0.15) is 0 Å². The Morgan fingerprint density at radius 2 is 2.21 bits per heavy atom. The van der Waals surface area contributed by atoms with Gasteiger partial charge >= 0.3 is 6.18 Å². The summed E-state index contributed by atoms with van der Waals surface area (Å²) in [6.07, 6.45) is -3.19. The SMILES string of the molecule is CCC(N)Cc1nc(C(F)(F)F)cs1. The van der Waals surface area contributed by atoms with E-state index in [2.05, 4.69) is 4.98 Å². The minimum Gasteiger partial charge on any atom is -0.327 e. The summed E-state index contributed by atoms with van der Waals surface area (Å²) < 4.78 is 36.4. The van der Waals surface area contributed by atoms with Gasteiger partial charge in [0, 0.05) is 17.8 Å². The van der Waals surface area contributed by atoms with Crippen LogP contribution >= 0.6 is 11.3 Å². The van der Waals surface area contributed by atoms with Crippen LogP contribution in [-0.2, 0) is 12.6 Å². The number of aromatic nitrogens is 1. The van der Waals surface area contributed by atoms with Crippen molar-refractivity contribution in [2.75, 3.05) is 0 Å². The summed E-state index contributed by atoms with van der Waals surface area (Å²) in [4.78, 5) is 3.48. The second-order valence-electron chi connectivity index (χ2n) is 3.00. The molecule has 0 saturated heterocycles. The molecule has 0 aliphatic carbocycles. The number of alkyl halides is 3. The lowest BCUT2D eigenvalue weighted by molar-refractivity contribution is -0.140. The van der Waals surface area contributed by atoms with Crippen LogP contribution in [0.2, 0.25) is 0 Å². The summed E-state index contributed by atoms with van der Waals surface area (Å²) in [6, 6.07) is -0.109. The zero-order valence-corrected chi connectivity index (χ0v) is 8.45. The van der Waals surface area contributed by atoms with Gasteiger partial charge in [0.2, 0.25) is 0 Å². The molecule has 0 fully saturated rings. The van der Waals surface area contributed by atoms with Gasteiger partial charge in [-0.25, -0.2) is 4.98 Å². The number of nitrogens with zero attached hydrogens (tertiary/aromatic N) is 1. The largest absolute Gasteiger partial charge is 0.434 e. The first-order valence-electron chi connectivity index (χ1n) is 4.20. The fraction of sp³-hybridized carbons (Fsp3) is 0.625. The highest BCUT2D eigenvalue weighted by Crippen LogP contribution is 2.30. The molecule has 1 atom stereocenters. The Morgan fingerprint density at radius 3 is 2.64 bits per heavy atom. The molecule has 14 heavy (non-hydrogen) atoms. The van der Waals surface area contributed by atoms with Gasteiger partial charge in [-0.15, -0.1) is 11.3 Å². The lowest BCUT2D eigenvalue weighted by atomic mass is 10.2. The van der Waals surface area contributed by atoms with Crippen LogP contribution in [0.15, 0.2) is 5.38 Å². The van der Waals surface area contributed by atoms with Crippen molar-refractivity contribution in [2.24, 2.45) is 5.73 Å². The van der Waals surface area contributed by atoms with Gasteiger partial charge in [-0.3, -0.25) is 0 Å². The highest BCUT2D eigenvalue weighted by Gasteiger charge is 2.33. The Hall–Kier alpha value is -0.620. The predicted octanol–water partition coefficient (Wildman–Crippen LogP) is 2.44. The number of nitrogens with two attached hydrogens (primary N) is 1. The Morgan fingerprint density at radius 1 is 1.57 bits per heavy atom. The molecule has 0 spiro atoms. The first-order chi connectivity index (χ1) is 6.43. The van der Waals surface area contributed by atoms with Crippen LogP contribution in [0.25, 0.3) is 0 Å². The molecule has 0 bridgehead atoms. The quantitative estimate of drug-likeness (QED) is 0.856. The van der Waals surface area contributed by atoms with E-state index in [-0.39, 0.29) is 6.04 Å². The van der Waals surface area contributed by atoms with E-state index in [1.54, 1.807) is 0 Å². The van der Waals surface area contributed by atoms with Crippen LogP contribution in [-0.4, -0.2) is 11.0 Å². The van der Waals surface area contributed by atoms with Gasteiger partial charge in [0.25, 0.3) is 0 Å². The summed E-state index contributed by atoms with van der Waals surface area (Å²) >= 11 is 1.01. The smallest absolute Gasteiger partial charge is 0.327 e. The first kappa shape index (κ1) is 11.5. The van der Waals surface area contributed by atoms with Crippen LogP contribution < -0.4 is 5.73 Å². The van der Waals surface area contributed by atoms with Crippen molar-refractivity contribution in [3.05, 3.63) is 16.1 Å². The van der Waals surface area contributed by atoms with E-state index < -0.39 is 11.9 Å². The van der Waals surface area contributed by atoms with Crippen molar-refractivity contribution in [3.63, 3.8) is 0 Å². The van der Waals surface area contributed by atoms with E-state index in [1.807, 2.05) is 6.92 Å². The fourth-order valence-electron chi connectivity index (χ4n) is 0.903. The molecule has 0 saturated carbocycles. The van der Waals surface area contributed by atoms with Crippen LogP contribution in [0.1, 0.15) is 24.0 Å². The molecule has 1 heterocycles. The Bertz CT molecular complexity index is 295. The second kappa shape index (κ2) is 4.27. The Kier molecular flexibility index (Phi) is 3.49. The van der Waals surface area contributed by atoms with Crippen LogP contribution in [0.4, 0.5) is 13.2 Å². The normalized spacial score (nSPS) is 14.4. The van der Waals surface area contributed by atoms with Crippen LogP contribution in [0.3, 0.4) is 0 Å². The molecule has 0 aliphatic rings. The Balaban J connectivity index is 2.69. The molecule has 1 aromatic heterocycles. The molecular formula is C8H11F3N2S. The molecule has 0 aromatic carbocycles.